The quantitative estimate of drug-likeness (QED) is 0.312. The van der Waals surface area contributed by atoms with Crippen LogP contribution in [-0.4, -0.2) is 27.9 Å². The van der Waals surface area contributed by atoms with Crippen molar-refractivity contribution in [3.8, 4) is 11.9 Å². The Morgan fingerprint density at radius 3 is 2.71 bits per heavy atom. The van der Waals surface area contributed by atoms with E-state index in [0.29, 0.717) is 42.0 Å². The van der Waals surface area contributed by atoms with E-state index in [1.807, 2.05) is 47.1 Å². The Balaban J connectivity index is 1.42. The van der Waals surface area contributed by atoms with E-state index in [2.05, 4.69) is 16.4 Å². The van der Waals surface area contributed by atoms with Crippen LogP contribution in [0.5, 0.6) is 5.88 Å². The molecule has 0 saturated heterocycles. The standard InChI is InChI=1S/C29H29N5O3S/c1-29(2)17-21-16-22(10-11-25(21)38(29,35)36)32-27-26-24(34(33-27)23(12-14-30)20-8-9-20)13-15-31-28(26)37-18-19-6-4-3-5-7-19/h3-7,10-11,13,15-16,20,23H,8-9,12,17-18H2,1-2H3,(H,32,33)/t23-/m0/s1. The average Bonchev–Trinajstić information content (AvgIpc) is 3.65. The first kappa shape index (κ1) is 24.4. The van der Waals surface area contributed by atoms with Crippen LogP contribution < -0.4 is 10.1 Å². The van der Waals surface area contributed by atoms with Gasteiger partial charge in [-0.3, -0.25) is 4.68 Å². The normalized spacial score (nSPS) is 18.0. The Morgan fingerprint density at radius 2 is 1.97 bits per heavy atom. The molecule has 2 aromatic heterocycles. The monoisotopic (exact) mass is 527 g/mol. The van der Waals surface area contributed by atoms with Crippen LogP contribution in [0.15, 0.2) is 65.7 Å². The Morgan fingerprint density at radius 1 is 1.18 bits per heavy atom. The SMILES string of the molecule is CC1(C)Cc2cc(Nc3nn([C@@H](CC#N)C4CC4)c4ccnc(OCc5ccccc5)c34)ccc2S1(=O)=O. The minimum atomic E-state index is -3.37. The Labute approximate surface area is 222 Å². The molecule has 2 aromatic carbocycles. The van der Waals surface area contributed by atoms with Crippen molar-refractivity contribution in [1.82, 2.24) is 14.8 Å². The van der Waals surface area contributed by atoms with Crippen LogP contribution in [0, 0.1) is 17.2 Å². The second-order valence-corrected chi connectivity index (χ2v) is 13.3. The Kier molecular flexibility index (Phi) is 5.88. The van der Waals surface area contributed by atoms with E-state index in [-0.39, 0.29) is 6.04 Å². The minimum Gasteiger partial charge on any atom is -0.472 e. The molecule has 6 rings (SSSR count). The fourth-order valence-electron chi connectivity index (χ4n) is 5.31. The molecule has 9 heteroatoms. The summed E-state index contributed by atoms with van der Waals surface area (Å²) in [6.45, 7) is 3.88. The molecule has 2 aliphatic rings. The van der Waals surface area contributed by atoms with Gasteiger partial charge in [-0.15, -0.1) is 0 Å². The third-order valence-electron chi connectivity index (χ3n) is 7.54. The Bertz CT molecular complexity index is 1670. The molecule has 0 bridgehead atoms. The fraction of sp³-hybridized carbons (Fsp3) is 0.345. The van der Waals surface area contributed by atoms with E-state index in [1.165, 1.54) is 0 Å². The largest absolute Gasteiger partial charge is 0.472 e. The van der Waals surface area contributed by atoms with Crippen molar-refractivity contribution in [1.29, 1.82) is 5.26 Å². The highest BCUT2D eigenvalue weighted by Crippen LogP contribution is 2.45. The number of nitrogens with zero attached hydrogens (tertiary/aromatic N) is 4. The maximum atomic E-state index is 12.9. The molecule has 0 amide bonds. The predicted octanol–water partition coefficient (Wildman–Crippen LogP) is 5.73. The second kappa shape index (κ2) is 9.14. The molecule has 0 unspecified atom stereocenters. The van der Waals surface area contributed by atoms with Crippen molar-refractivity contribution < 1.29 is 13.2 Å². The van der Waals surface area contributed by atoms with E-state index >= 15 is 0 Å². The van der Waals surface area contributed by atoms with E-state index in [9.17, 15) is 13.7 Å². The van der Waals surface area contributed by atoms with Crippen LogP contribution in [0.25, 0.3) is 10.9 Å². The summed E-state index contributed by atoms with van der Waals surface area (Å²) in [5.41, 5.74) is 3.41. The van der Waals surface area contributed by atoms with Gasteiger partial charge in [-0.05, 0) is 74.4 Å². The Hall–Kier alpha value is -3.90. The zero-order valence-corrected chi connectivity index (χ0v) is 22.2. The molecule has 8 nitrogen and oxygen atoms in total. The van der Waals surface area contributed by atoms with Crippen molar-refractivity contribution >= 4 is 32.2 Å². The van der Waals surface area contributed by atoms with Gasteiger partial charge >= 0.3 is 0 Å². The number of sulfone groups is 1. The van der Waals surface area contributed by atoms with Crippen molar-refractivity contribution in [2.45, 2.75) is 61.8 Å². The molecule has 3 heterocycles. The number of aromatic nitrogens is 3. The molecule has 1 aliphatic carbocycles. The lowest BCUT2D eigenvalue weighted by Crippen LogP contribution is -2.27. The molecule has 38 heavy (non-hydrogen) atoms. The van der Waals surface area contributed by atoms with Crippen LogP contribution in [0.2, 0.25) is 0 Å². The van der Waals surface area contributed by atoms with Gasteiger partial charge in [0.2, 0.25) is 5.88 Å². The number of fused-ring (bicyclic) bond motifs is 2. The van der Waals surface area contributed by atoms with Crippen LogP contribution >= 0.6 is 0 Å². The summed E-state index contributed by atoms with van der Waals surface area (Å²) in [7, 11) is -3.37. The number of anilines is 2. The van der Waals surface area contributed by atoms with Gasteiger partial charge in [0, 0.05) is 11.9 Å². The topological polar surface area (TPSA) is 110 Å². The van der Waals surface area contributed by atoms with Gasteiger partial charge in [0.1, 0.15) is 12.0 Å². The maximum Gasteiger partial charge on any atom is 0.227 e. The van der Waals surface area contributed by atoms with Crippen LogP contribution in [0.1, 0.15) is 50.3 Å². The van der Waals surface area contributed by atoms with Crippen LogP contribution in [0.3, 0.4) is 0 Å². The molecule has 1 atom stereocenters. The number of hydrogen-bond donors (Lipinski definition) is 1. The molecular weight excluding hydrogens is 498 g/mol. The molecule has 1 aliphatic heterocycles. The maximum absolute atomic E-state index is 12.9. The number of nitrogens with one attached hydrogen (secondary N) is 1. The first-order valence-electron chi connectivity index (χ1n) is 12.8. The molecule has 1 N–H and O–H groups in total. The number of rotatable bonds is 8. The summed E-state index contributed by atoms with van der Waals surface area (Å²) in [4.78, 5) is 4.93. The lowest BCUT2D eigenvalue weighted by atomic mass is 10.0. The first-order chi connectivity index (χ1) is 18.3. The zero-order chi connectivity index (χ0) is 26.5. The summed E-state index contributed by atoms with van der Waals surface area (Å²) in [5, 5.41) is 18.6. The highest BCUT2D eigenvalue weighted by Gasteiger charge is 2.43. The van der Waals surface area contributed by atoms with Gasteiger partial charge in [0.05, 0.1) is 33.7 Å². The summed E-state index contributed by atoms with van der Waals surface area (Å²) >= 11 is 0. The lowest BCUT2D eigenvalue weighted by Gasteiger charge is -2.15. The highest BCUT2D eigenvalue weighted by atomic mass is 32.2. The molecule has 1 fully saturated rings. The van der Waals surface area contributed by atoms with E-state index in [1.54, 1.807) is 32.2 Å². The number of pyridine rings is 1. The molecular formula is C29H29N5O3S. The summed E-state index contributed by atoms with van der Waals surface area (Å²) < 4.78 is 33.1. The van der Waals surface area contributed by atoms with Gasteiger partial charge < -0.3 is 10.1 Å². The number of hydrogen-bond acceptors (Lipinski definition) is 7. The van der Waals surface area contributed by atoms with Gasteiger partial charge in [0.25, 0.3) is 0 Å². The van der Waals surface area contributed by atoms with E-state index in [0.717, 1.165) is 40.6 Å². The first-order valence-corrected chi connectivity index (χ1v) is 14.3. The third-order valence-corrected chi connectivity index (χ3v) is 10.1. The summed E-state index contributed by atoms with van der Waals surface area (Å²) in [5.74, 6) is 1.44. The summed E-state index contributed by atoms with van der Waals surface area (Å²) in [6.07, 6.45) is 4.69. The van der Waals surface area contributed by atoms with E-state index in [4.69, 9.17) is 9.84 Å². The lowest BCUT2D eigenvalue weighted by molar-refractivity contribution is 0.298. The fourth-order valence-corrected chi connectivity index (χ4v) is 6.97. The molecule has 0 radical (unpaired) electrons. The van der Waals surface area contributed by atoms with Crippen molar-refractivity contribution in [3.63, 3.8) is 0 Å². The van der Waals surface area contributed by atoms with Crippen molar-refractivity contribution in [2.75, 3.05) is 5.32 Å². The number of nitriles is 1. The van der Waals surface area contributed by atoms with Gasteiger partial charge in [-0.1, -0.05) is 30.3 Å². The predicted molar refractivity (Wildman–Crippen MR) is 145 cm³/mol. The van der Waals surface area contributed by atoms with Crippen LogP contribution in [-0.2, 0) is 22.9 Å². The van der Waals surface area contributed by atoms with Gasteiger partial charge in [-0.2, -0.15) is 10.4 Å². The smallest absolute Gasteiger partial charge is 0.227 e. The molecule has 0 spiro atoms. The average molecular weight is 528 g/mol. The highest BCUT2D eigenvalue weighted by molar-refractivity contribution is 7.93. The molecule has 4 aromatic rings. The zero-order valence-electron chi connectivity index (χ0n) is 21.4. The van der Waals surface area contributed by atoms with Gasteiger partial charge in [0.15, 0.2) is 15.7 Å². The van der Waals surface area contributed by atoms with Crippen molar-refractivity contribution in [2.24, 2.45) is 5.92 Å². The minimum absolute atomic E-state index is 0.0339. The van der Waals surface area contributed by atoms with Crippen LogP contribution in [0.4, 0.5) is 11.5 Å². The molecule has 1 saturated carbocycles. The second-order valence-electron chi connectivity index (χ2n) is 10.7. The van der Waals surface area contributed by atoms with E-state index < -0.39 is 14.6 Å². The number of benzene rings is 2. The number of ether oxygens (including phenoxy) is 1. The third kappa shape index (κ3) is 4.19. The van der Waals surface area contributed by atoms with Gasteiger partial charge in [-0.25, -0.2) is 13.4 Å². The van der Waals surface area contributed by atoms with Crippen molar-refractivity contribution in [3.05, 3.63) is 71.9 Å². The molecule has 194 valence electrons. The summed E-state index contributed by atoms with van der Waals surface area (Å²) in [6, 6.07) is 19.4.